The van der Waals surface area contributed by atoms with Crippen LogP contribution in [0.25, 0.3) is 0 Å². The van der Waals surface area contributed by atoms with Gasteiger partial charge in [-0.15, -0.1) is 0 Å². The van der Waals surface area contributed by atoms with Crippen LogP contribution in [0.2, 0.25) is 4.59 Å². The van der Waals surface area contributed by atoms with Crippen LogP contribution in [0.3, 0.4) is 0 Å². The maximum absolute atomic E-state index is 2.55. The van der Waals surface area contributed by atoms with Crippen LogP contribution < -0.4 is 0 Å². The van der Waals surface area contributed by atoms with Crippen LogP contribution >= 0.6 is 0 Å². The zero-order valence-electron chi connectivity index (χ0n) is 7.88. The summed E-state index contributed by atoms with van der Waals surface area (Å²) in [6.07, 6.45) is 5.89. The second-order valence-electron chi connectivity index (χ2n) is 3.36. The Balaban J connectivity index is 2.36. The molecule has 11 heavy (non-hydrogen) atoms. The molecule has 2 atom stereocenters. The molecule has 0 saturated heterocycles. The molecule has 0 heterocycles. The van der Waals surface area contributed by atoms with Gasteiger partial charge in [0.1, 0.15) is 0 Å². The van der Waals surface area contributed by atoms with Gasteiger partial charge >= 0.3 is 78.8 Å². The molecular weight excluding hydrogens is 129 g/mol. The molecule has 0 bridgehead atoms. The van der Waals surface area contributed by atoms with E-state index in [0.717, 1.165) is 10.6 Å². The second kappa shape index (κ2) is 4.35. The summed E-state index contributed by atoms with van der Waals surface area (Å²) in [7, 11) is 0. The van der Waals surface area contributed by atoms with Crippen molar-refractivity contribution < 1.29 is 0 Å². The van der Waals surface area contributed by atoms with Crippen molar-refractivity contribution in [1.82, 2.24) is 4.90 Å². The Labute approximate surface area is 79.0 Å². The molecule has 0 saturated carbocycles. The molecule has 0 aromatic heterocycles. The average Bonchev–Trinajstić information content (AvgIpc) is 2.01. The van der Waals surface area contributed by atoms with Gasteiger partial charge in [-0.3, -0.25) is 0 Å². The summed E-state index contributed by atoms with van der Waals surface area (Å²) < 4.78 is 0.779. The van der Waals surface area contributed by atoms with Crippen LogP contribution in [0.15, 0.2) is 12.2 Å². The summed E-state index contributed by atoms with van der Waals surface area (Å²) in [5.41, 5.74) is 0. The molecule has 1 aliphatic rings. The van der Waals surface area contributed by atoms with E-state index in [1.54, 1.807) is 0 Å². The first kappa shape index (κ1) is 9.39. The van der Waals surface area contributed by atoms with Gasteiger partial charge in [-0.25, -0.2) is 0 Å². The number of hydrogen-bond donors (Lipinski definition) is 0. The molecule has 0 aromatic carbocycles. The van der Waals surface area contributed by atoms with E-state index in [0.29, 0.717) is 0 Å². The van der Waals surface area contributed by atoms with Gasteiger partial charge in [0.15, 0.2) is 0 Å². The van der Waals surface area contributed by atoms with E-state index in [1.165, 1.54) is 19.5 Å². The van der Waals surface area contributed by atoms with Crippen molar-refractivity contribution in [1.29, 1.82) is 0 Å². The van der Waals surface area contributed by atoms with Crippen molar-refractivity contribution in [3.05, 3.63) is 12.2 Å². The Bertz CT molecular complexity index is 144. The van der Waals surface area contributed by atoms with Crippen LogP contribution in [0.4, 0.5) is 0 Å². The van der Waals surface area contributed by atoms with E-state index < -0.39 is 0 Å². The zero-order chi connectivity index (χ0) is 8.27. The summed E-state index contributed by atoms with van der Waals surface area (Å²) in [6.45, 7) is 6.92. The van der Waals surface area contributed by atoms with Crippen LogP contribution in [0, 0.1) is 0 Å². The predicted molar refractivity (Wildman–Crippen MR) is 50.0 cm³/mol. The average molecular weight is 145 g/mol. The summed E-state index contributed by atoms with van der Waals surface area (Å²) >= 11 is 2.29. The topological polar surface area (TPSA) is 3.24 Å². The first-order valence-electron chi connectivity index (χ1n) is 4.72. The molecule has 1 rings (SSSR count). The number of hydrogen-bond acceptors (Lipinski definition) is 1. The van der Waals surface area contributed by atoms with Crippen molar-refractivity contribution in [2.24, 2.45) is 0 Å². The fraction of sp³-hybridized carbons (Fsp3) is 0.778. The molecule has 0 N–H and O–H groups in total. The van der Waals surface area contributed by atoms with E-state index >= 15 is 0 Å². The van der Waals surface area contributed by atoms with E-state index in [9.17, 15) is 0 Å². The molecular formula is C9H16LiN. The standard InChI is InChI=1S/C9H16N.Li/c1-3-8-10(4-2)9-6-5-7-9;/h5-7,9H,3-4,8H2,1-2H3;. The molecule has 2 unspecified atom stereocenters. The first-order valence-corrected chi connectivity index (χ1v) is 4.72. The Morgan fingerprint density at radius 2 is 2.09 bits per heavy atom. The number of rotatable bonds is 4. The van der Waals surface area contributed by atoms with E-state index in [1.807, 2.05) is 0 Å². The summed E-state index contributed by atoms with van der Waals surface area (Å²) in [5, 5.41) is 0. The van der Waals surface area contributed by atoms with Crippen molar-refractivity contribution in [3.8, 4) is 0 Å². The third-order valence-corrected chi connectivity index (χ3v) is 2.49. The van der Waals surface area contributed by atoms with Gasteiger partial charge in [-0.1, -0.05) is 0 Å². The molecule has 58 valence electrons. The van der Waals surface area contributed by atoms with Crippen LogP contribution in [0.1, 0.15) is 20.3 Å². The Morgan fingerprint density at radius 1 is 1.36 bits per heavy atom. The van der Waals surface area contributed by atoms with E-state index in [2.05, 4.69) is 48.6 Å². The molecule has 1 aliphatic carbocycles. The zero-order valence-corrected chi connectivity index (χ0v) is 7.88. The van der Waals surface area contributed by atoms with Crippen LogP contribution in [0.5, 0.6) is 0 Å². The second-order valence-corrected chi connectivity index (χ2v) is 3.36. The van der Waals surface area contributed by atoms with Gasteiger partial charge < -0.3 is 0 Å². The Hall–Kier alpha value is 0.297. The third-order valence-electron chi connectivity index (χ3n) is 2.49. The normalized spacial score (nSPS) is 29.2. The molecule has 0 aromatic rings. The monoisotopic (exact) mass is 145 g/mol. The minimum atomic E-state index is 0.736. The molecule has 0 amide bonds. The number of nitrogens with zero attached hydrogens (tertiary/aromatic N) is 1. The van der Waals surface area contributed by atoms with Gasteiger partial charge in [0.25, 0.3) is 0 Å². The van der Waals surface area contributed by atoms with Crippen molar-refractivity contribution >= 4 is 17.7 Å². The molecule has 0 spiro atoms. The fourth-order valence-electron chi connectivity index (χ4n) is 1.69. The van der Waals surface area contributed by atoms with Gasteiger partial charge in [0.05, 0.1) is 0 Å². The molecule has 2 heteroatoms. The quantitative estimate of drug-likeness (QED) is 0.429. The first-order chi connectivity index (χ1) is 5.29. The van der Waals surface area contributed by atoms with Gasteiger partial charge in [-0.2, -0.15) is 0 Å². The summed E-state index contributed by atoms with van der Waals surface area (Å²) in [4.78, 5) is 2.55. The summed E-state index contributed by atoms with van der Waals surface area (Å²) in [6, 6.07) is 0.736. The summed E-state index contributed by atoms with van der Waals surface area (Å²) in [5.74, 6) is 0. The van der Waals surface area contributed by atoms with Gasteiger partial charge in [0, 0.05) is 0 Å². The molecule has 1 nitrogen and oxygen atoms in total. The third kappa shape index (κ3) is 2.12. The van der Waals surface area contributed by atoms with Crippen LogP contribution in [-0.4, -0.2) is 41.7 Å². The molecule has 0 fully saturated rings. The van der Waals surface area contributed by atoms with Crippen molar-refractivity contribution in [3.63, 3.8) is 0 Å². The minimum absolute atomic E-state index is 0.736. The van der Waals surface area contributed by atoms with E-state index in [-0.39, 0.29) is 0 Å². The van der Waals surface area contributed by atoms with Gasteiger partial charge in [-0.05, 0) is 0 Å². The fourth-order valence-corrected chi connectivity index (χ4v) is 1.69. The Kier molecular flexibility index (Phi) is 3.72. The van der Waals surface area contributed by atoms with Crippen molar-refractivity contribution in [2.45, 2.75) is 30.9 Å². The molecule has 0 radical (unpaired) electrons. The van der Waals surface area contributed by atoms with Crippen molar-refractivity contribution in [2.75, 3.05) is 13.1 Å². The molecule has 0 aliphatic heterocycles. The maximum atomic E-state index is 2.55. The van der Waals surface area contributed by atoms with Gasteiger partial charge in [0.2, 0.25) is 0 Å². The van der Waals surface area contributed by atoms with Crippen LogP contribution in [-0.2, 0) is 0 Å². The SMILES string of the molecule is [Li][CH]1C=CC1N(CC)CCC. The number of likely N-dealkylation sites (N-methyl/N-ethyl adjacent to an activating group) is 1. The predicted octanol–water partition coefficient (Wildman–Crippen LogP) is 1.61. The Morgan fingerprint density at radius 3 is 2.36 bits per heavy atom. The van der Waals surface area contributed by atoms with E-state index in [4.69, 9.17) is 0 Å².